The Balaban J connectivity index is 1.62. The monoisotopic (exact) mass is 354 g/mol. The molecule has 0 aliphatic heterocycles. The third-order valence-electron chi connectivity index (χ3n) is 4.19. The highest BCUT2D eigenvalue weighted by molar-refractivity contribution is 5.95. The molecular formula is C23H22N4. The van der Waals surface area contributed by atoms with Crippen LogP contribution in [0.5, 0.6) is 0 Å². The lowest BCUT2D eigenvalue weighted by molar-refractivity contribution is 1.21. The maximum atomic E-state index is 7.40. The molecule has 0 amide bonds. The summed E-state index contributed by atoms with van der Waals surface area (Å²) in [7, 11) is 2.05. The van der Waals surface area contributed by atoms with E-state index >= 15 is 0 Å². The number of para-hydroxylation sites is 1. The van der Waals surface area contributed by atoms with Gasteiger partial charge < -0.3 is 16.0 Å². The first-order valence-corrected chi connectivity index (χ1v) is 8.69. The number of hydrogen-bond donors (Lipinski definition) is 3. The Kier molecular flexibility index (Phi) is 5.76. The Morgan fingerprint density at radius 2 is 1.67 bits per heavy atom. The summed E-state index contributed by atoms with van der Waals surface area (Å²) >= 11 is 0. The number of benzene rings is 3. The van der Waals surface area contributed by atoms with Crippen LogP contribution in [0.2, 0.25) is 0 Å². The van der Waals surface area contributed by atoms with Gasteiger partial charge in [-0.05, 0) is 54.6 Å². The first-order chi connectivity index (χ1) is 13.1. The fourth-order valence-electron chi connectivity index (χ4n) is 2.65. The summed E-state index contributed by atoms with van der Waals surface area (Å²) in [6.45, 7) is 0.540. The minimum atomic E-state index is 0.0710. The first kappa shape index (κ1) is 18.1. The topological polar surface area (TPSA) is 65.1 Å². The molecule has 0 heterocycles. The van der Waals surface area contributed by atoms with E-state index in [1.807, 2.05) is 61.6 Å². The van der Waals surface area contributed by atoms with Crippen LogP contribution in [0.3, 0.4) is 0 Å². The molecule has 4 nitrogen and oxygen atoms in total. The molecule has 4 N–H and O–H groups in total. The fourth-order valence-corrected chi connectivity index (χ4v) is 2.65. The van der Waals surface area contributed by atoms with Crippen molar-refractivity contribution in [2.45, 2.75) is 0 Å². The predicted molar refractivity (Wildman–Crippen MR) is 114 cm³/mol. The molecule has 134 valence electrons. The van der Waals surface area contributed by atoms with Crippen LogP contribution in [0.4, 0.5) is 17.1 Å². The van der Waals surface area contributed by atoms with Gasteiger partial charge >= 0.3 is 0 Å². The largest absolute Gasteiger partial charge is 0.384 e. The SMILES string of the molecule is CN(c1ccccc1)c1cccc(C#CCNc2ccc(C(=N)N)cc2)c1. The van der Waals surface area contributed by atoms with Crippen molar-refractivity contribution in [3.63, 3.8) is 0 Å². The van der Waals surface area contributed by atoms with E-state index in [9.17, 15) is 0 Å². The van der Waals surface area contributed by atoms with Gasteiger partial charge in [0, 0.05) is 35.2 Å². The van der Waals surface area contributed by atoms with Crippen LogP contribution in [0, 0.1) is 17.3 Å². The molecule has 0 radical (unpaired) electrons. The van der Waals surface area contributed by atoms with Crippen LogP contribution < -0.4 is 16.0 Å². The summed E-state index contributed by atoms with van der Waals surface area (Å²) in [4.78, 5) is 2.14. The van der Waals surface area contributed by atoms with E-state index in [-0.39, 0.29) is 5.84 Å². The van der Waals surface area contributed by atoms with E-state index in [4.69, 9.17) is 11.1 Å². The van der Waals surface area contributed by atoms with Crippen molar-refractivity contribution in [3.05, 3.63) is 90.0 Å². The summed E-state index contributed by atoms with van der Waals surface area (Å²) < 4.78 is 0. The molecule has 0 atom stereocenters. The third-order valence-corrected chi connectivity index (χ3v) is 4.19. The molecule has 0 saturated carbocycles. The average molecular weight is 354 g/mol. The van der Waals surface area contributed by atoms with E-state index < -0.39 is 0 Å². The van der Waals surface area contributed by atoms with Crippen molar-refractivity contribution >= 4 is 22.9 Å². The highest BCUT2D eigenvalue weighted by Crippen LogP contribution is 2.23. The lowest BCUT2D eigenvalue weighted by atomic mass is 10.1. The van der Waals surface area contributed by atoms with E-state index in [1.54, 1.807) is 0 Å². The molecule has 0 saturated heterocycles. The van der Waals surface area contributed by atoms with Gasteiger partial charge in [-0.2, -0.15) is 0 Å². The number of nitrogens with zero attached hydrogens (tertiary/aromatic N) is 1. The summed E-state index contributed by atoms with van der Waals surface area (Å²) in [5.41, 5.74) is 10.3. The zero-order chi connectivity index (χ0) is 19.1. The summed E-state index contributed by atoms with van der Waals surface area (Å²) in [5, 5.41) is 10.7. The van der Waals surface area contributed by atoms with E-state index in [2.05, 4.69) is 46.3 Å². The smallest absolute Gasteiger partial charge is 0.122 e. The van der Waals surface area contributed by atoms with Gasteiger partial charge in [-0.1, -0.05) is 36.1 Å². The van der Waals surface area contributed by atoms with Crippen molar-refractivity contribution in [2.24, 2.45) is 5.73 Å². The Bertz CT molecular complexity index is 967. The summed E-state index contributed by atoms with van der Waals surface area (Å²) in [6.07, 6.45) is 0. The predicted octanol–water partition coefficient (Wildman–Crippen LogP) is 4.20. The molecule has 0 spiro atoms. The Hall–Kier alpha value is -3.71. The molecule has 3 rings (SSSR count). The number of nitrogen functional groups attached to an aromatic ring is 1. The zero-order valence-corrected chi connectivity index (χ0v) is 15.2. The number of nitrogens with two attached hydrogens (primary N) is 1. The number of rotatable bonds is 5. The van der Waals surface area contributed by atoms with Crippen molar-refractivity contribution in [2.75, 3.05) is 23.8 Å². The van der Waals surface area contributed by atoms with E-state index in [1.165, 1.54) is 0 Å². The van der Waals surface area contributed by atoms with Crippen LogP contribution in [-0.4, -0.2) is 19.4 Å². The summed E-state index contributed by atoms with van der Waals surface area (Å²) in [5.74, 6) is 6.42. The third kappa shape index (κ3) is 4.90. The molecule has 0 bridgehead atoms. The molecular weight excluding hydrogens is 332 g/mol. The second-order valence-electron chi connectivity index (χ2n) is 6.09. The van der Waals surface area contributed by atoms with Crippen molar-refractivity contribution in [3.8, 4) is 11.8 Å². The molecule has 0 fully saturated rings. The summed E-state index contributed by atoms with van der Waals surface area (Å²) in [6, 6.07) is 25.9. The van der Waals surface area contributed by atoms with Crippen LogP contribution in [-0.2, 0) is 0 Å². The molecule has 3 aromatic rings. The Labute approximate surface area is 160 Å². The minimum Gasteiger partial charge on any atom is -0.384 e. The van der Waals surface area contributed by atoms with Crippen molar-refractivity contribution in [1.29, 1.82) is 5.41 Å². The molecule has 4 heteroatoms. The van der Waals surface area contributed by atoms with Gasteiger partial charge in [-0.25, -0.2) is 0 Å². The highest BCUT2D eigenvalue weighted by atomic mass is 15.1. The maximum absolute atomic E-state index is 7.40. The normalized spacial score (nSPS) is 9.81. The van der Waals surface area contributed by atoms with E-state index in [0.717, 1.165) is 22.6 Å². The van der Waals surface area contributed by atoms with Gasteiger partial charge in [0.25, 0.3) is 0 Å². The van der Waals surface area contributed by atoms with Gasteiger partial charge in [0.2, 0.25) is 0 Å². The molecule has 3 aromatic carbocycles. The fraction of sp³-hybridized carbons (Fsp3) is 0.0870. The van der Waals surface area contributed by atoms with Crippen LogP contribution in [0.1, 0.15) is 11.1 Å². The van der Waals surface area contributed by atoms with Crippen molar-refractivity contribution in [1.82, 2.24) is 0 Å². The highest BCUT2D eigenvalue weighted by Gasteiger charge is 2.03. The minimum absolute atomic E-state index is 0.0710. The number of nitrogens with one attached hydrogen (secondary N) is 2. The standard InChI is InChI=1S/C23H22N4/c1-27(21-9-3-2-4-10-21)22-11-5-7-18(17-22)8-6-16-26-20-14-12-19(13-15-20)23(24)25/h2-5,7,9-15,17,26H,16H2,1H3,(H3,24,25). The Morgan fingerprint density at radius 3 is 2.37 bits per heavy atom. The molecule has 0 aliphatic carbocycles. The van der Waals surface area contributed by atoms with Gasteiger partial charge in [-0.15, -0.1) is 0 Å². The maximum Gasteiger partial charge on any atom is 0.122 e. The van der Waals surface area contributed by atoms with Crippen LogP contribution in [0.15, 0.2) is 78.9 Å². The molecule has 27 heavy (non-hydrogen) atoms. The number of hydrogen-bond acceptors (Lipinski definition) is 3. The Morgan fingerprint density at radius 1 is 0.963 bits per heavy atom. The quantitative estimate of drug-likeness (QED) is 0.365. The number of amidine groups is 1. The van der Waals surface area contributed by atoms with E-state index in [0.29, 0.717) is 12.1 Å². The van der Waals surface area contributed by atoms with Gasteiger partial charge in [0.15, 0.2) is 0 Å². The van der Waals surface area contributed by atoms with Gasteiger partial charge in [-0.3, -0.25) is 5.41 Å². The van der Waals surface area contributed by atoms with Crippen LogP contribution >= 0.6 is 0 Å². The van der Waals surface area contributed by atoms with Crippen molar-refractivity contribution < 1.29 is 0 Å². The number of anilines is 3. The van der Waals surface area contributed by atoms with Gasteiger partial charge in [0.1, 0.15) is 5.84 Å². The second kappa shape index (κ2) is 8.59. The molecule has 0 unspecified atom stereocenters. The zero-order valence-electron chi connectivity index (χ0n) is 15.2. The average Bonchev–Trinajstić information content (AvgIpc) is 2.72. The second-order valence-corrected chi connectivity index (χ2v) is 6.09. The lowest BCUT2D eigenvalue weighted by Crippen LogP contribution is -2.10. The molecule has 0 aromatic heterocycles. The van der Waals surface area contributed by atoms with Crippen LogP contribution in [0.25, 0.3) is 0 Å². The molecule has 0 aliphatic rings. The lowest BCUT2D eigenvalue weighted by Gasteiger charge is -2.19. The van der Waals surface area contributed by atoms with Gasteiger partial charge in [0.05, 0.1) is 6.54 Å². The first-order valence-electron chi connectivity index (χ1n) is 8.69.